The minimum atomic E-state index is -0.752. The summed E-state index contributed by atoms with van der Waals surface area (Å²) in [5.41, 5.74) is 3.40. The number of nitrogens with zero attached hydrogens (tertiary/aromatic N) is 1. The number of esters is 2. The summed E-state index contributed by atoms with van der Waals surface area (Å²) in [4.78, 5) is 28.1. The number of anilines is 2. The predicted octanol–water partition coefficient (Wildman–Crippen LogP) is 4.15. The molecule has 0 fully saturated rings. The van der Waals surface area contributed by atoms with Crippen molar-refractivity contribution in [1.29, 1.82) is 0 Å². The lowest BCUT2D eigenvalue weighted by Gasteiger charge is -2.25. The number of hydrogen-bond acceptors (Lipinski definition) is 5. The monoisotopic (exact) mass is 367 g/mol. The van der Waals surface area contributed by atoms with Crippen molar-refractivity contribution >= 4 is 23.3 Å². The molecule has 5 heteroatoms. The van der Waals surface area contributed by atoms with Gasteiger partial charge in [0.1, 0.15) is 11.8 Å². The molecule has 1 aliphatic rings. The van der Waals surface area contributed by atoms with Crippen LogP contribution < -0.4 is 4.90 Å². The number of hydrogen-bond donors (Lipinski definition) is 0. The molecule has 27 heavy (non-hydrogen) atoms. The van der Waals surface area contributed by atoms with Crippen LogP contribution in [-0.4, -0.2) is 31.7 Å². The Morgan fingerprint density at radius 2 is 1.19 bits per heavy atom. The van der Waals surface area contributed by atoms with E-state index < -0.39 is 23.8 Å². The van der Waals surface area contributed by atoms with Crippen molar-refractivity contribution in [1.82, 2.24) is 0 Å². The van der Waals surface area contributed by atoms with Crippen molar-refractivity contribution < 1.29 is 19.1 Å². The molecule has 1 aliphatic heterocycles. The molecule has 0 N–H and O–H groups in total. The molecule has 2 unspecified atom stereocenters. The van der Waals surface area contributed by atoms with Gasteiger partial charge in [0.05, 0.1) is 13.2 Å². The van der Waals surface area contributed by atoms with E-state index in [0.717, 1.165) is 22.5 Å². The zero-order valence-corrected chi connectivity index (χ0v) is 16.0. The standard InChI is InChI=1S/C22H25NO4/c1-4-23-17-13-9-7-11-15(17)19(21(24)26-5-2)20(22(25)27-6-3)16-12-8-10-14-18(16)23/h7-14,19-20H,4-6H2,1-3H3. The molecule has 142 valence electrons. The number of para-hydroxylation sites is 2. The summed E-state index contributed by atoms with van der Waals surface area (Å²) < 4.78 is 10.7. The zero-order valence-electron chi connectivity index (χ0n) is 16.0. The number of carbonyl (C=O) groups excluding carboxylic acids is 2. The maximum Gasteiger partial charge on any atom is 0.314 e. The second kappa shape index (κ2) is 8.25. The Bertz CT molecular complexity index is 765. The van der Waals surface area contributed by atoms with Crippen LogP contribution in [0.15, 0.2) is 48.5 Å². The van der Waals surface area contributed by atoms with Gasteiger partial charge in [0.2, 0.25) is 0 Å². The van der Waals surface area contributed by atoms with E-state index >= 15 is 0 Å². The summed E-state index contributed by atoms with van der Waals surface area (Å²) in [7, 11) is 0. The third-order valence-corrected chi connectivity index (χ3v) is 4.86. The van der Waals surface area contributed by atoms with E-state index in [9.17, 15) is 9.59 Å². The molecule has 0 saturated carbocycles. The Morgan fingerprint density at radius 1 is 0.778 bits per heavy atom. The van der Waals surface area contributed by atoms with Gasteiger partial charge >= 0.3 is 11.9 Å². The van der Waals surface area contributed by atoms with Crippen molar-refractivity contribution in [2.75, 3.05) is 24.7 Å². The molecule has 0 bridgehead atoms. The molecule has 0 spiro atoms. The van der Waals surface area contributed by atoms with Gasteiger partial charge in [-0.25, -0.2) is 0 Å². The molecule has 2 aromatic rings. The first-order valence-corrected chi connectivity index (χ1v) is 9.42. The predicted molar refractivity (Wildman–Crippen MR) is 104 cm³/mol. The largest absolute Gasteiger partial charge is 0.465 e. The van der Waals surface area contributed by atoms with Crippen LogP contribution in [0, 0.1) is 0 Å². The third kappa shape index (κ3) is 3.42. The van der Waals surface area contributed by atoms with Gasteiger partial charge < -0.3 is 14.4 Å². The molecule has 5 nitrogen and oxygen atoms in total. The average molecular weight is 367 g/mol. The molecule has 0 aliphatic carbocycles. The van der Waals surface area contributed by atoms with Gasteiger partial charge in [-0.3, -0.25) is 9.59 Å². The van der Waals surface area contributed by atoms with Crippen molar-refractivity contribution in [3.8, 4) is 0 Å². The molecule has 1 heterocycles. The summed E-state index contributed by atoms with van der Waals surface area (Å²) in [5, 5.41) is 0. The van der Waals surface area contributed by atoms with Crippen LogP contribution in [0.1, 0.15) is 43.7 Å². The van der Waals surface area contributed by atoms with E-state index in [1.165, 1.54) is 0 Å². The fraction of sp³-hybridized carbons (Fsp3) is 0.364. The fourth-order valence-electron chi connectivity index (χ4n) is 3.81. The second-order valence-electron chi connectivity index (χ2n) is 6.32. The maximum absolute atomic E-state index is 13.0. The Kier molecular flexibility index (Phi) is 5.79. The van der Waals surface area contributed by atoms with Crippen LogP contribution >= 0.6 is 0 Å². The first-order chi connectivity index (χ1) is 13.1. The van der Waals surface area contributed by atoms with Gasteiger partial charge in [0, 0.05) is 17.9 Å². The number of fused-ring (bicyclic) bond motifs is 2. The molecule has 2 aromatic carbocycles. The van der Waals surface area contributed by atoms with E-state index in [0.29, 0.717) is 6.54 Å². The highest BCUT2D eigenvalue weighted by Gasteiger charge is 2.43. The molecule has 0 aromatic heterocycles. The number of rotatable bonds is 5. The number of ether oxygens (including phenoxy) is 2. The number of benzene rings is 2. The summed E-state index contributed by atoms with van der Waals surface area (Å²) in [6, 6.07) is 15.4. The number of carbonyl (C=O) groups is 2. The summed E-state index contributed by atoms with van der Waals surface area (Å²) in [6.07, 6.45) is 0. The normalized spacial score (nSPS) is 18.1. The quantitative estimate of drug-likeness (QED) is 0.743. The van der Waals surface area contributed by atoms with Crippen LogP contribution in [0.5, 0.6) is 0 Å². The minimum absolute atomic E-state index is 0.256. The molecule has 0 radical (unpaired) electrons. The first-order valence-electron chi connectivity index (χ1n) is 9.42. The van der Waals surface area contributed by atoms with Crippen LogP contribution in [0.25, 0.3) is 0 Å². The summed E-state index contributed by atoms with van der Waals surface area (Å²) in [6.45, 7) is 6.81. The van der Waals surface area contributed by atoms with E-state index in [2.05, 4.69) is 11.8 Å². The first kappa shape index (κ1) is 19.0. The van der Waals surface area contributed by atoms with Gasteiger partial charge in [0.25, 0.3) is 0 Å². The van der Waals surface area contributed by atoms with Gasteiger partial charge in [0.15, 0.2) is 0 Å². The Balaban J connectivity index is 2.30. The molecule has 0 saturated heterocycles. The smallest absolute Gasteiger partial charge is 0.314 e. The van der Waals surface area contributed by atoms with Crippen LogP contribution in [0.4, 0.5) is 11.4 Å². The molecule has 3 rings (SSSR count). The van der Waals surface area contributed by atoms with Gasteiger partial charge in [-0.1, -0.05) is 36.4 Å². The third-order valence-electron chi connectivity index (χ3n) is 4.86. The van der Waals surface area contributed by atoms with Crippen LogP contribution in [0.3, 0.4) is 0 Å². The summed E-state index contributed by atoms with van der Waals surface area (Å²) in [5.74, 6) is -2.32. The highest BCUT2D eigenvalue weighted by atomic mass is 16.5. The summed E-state index contributed by atoms with van der Waals surface area (Å²) >= 11 is 0. The Labute approximate surface area is 159 Å². The van der Waals surface area contributed by atoms with Gasteiger partial charge in [-0.15, -0.1) is 0 Å². The van der Waals surface area contributed by atoms with E-state index in [1.54, 1.807) is 13.8 Å². The molecular weight excluding hydrogens is 342 g/mol. The molecule has 0 amide bonds. The van der Waals surface area contributed by atoms with Crippen molar-refractivity contribution in [3.63, 3.8) is 0 Å². The van der Waals surface area contributed by atoms with Crippen molar-refractivity contribution in [3.05, 3.63) is 59.7 Å². The lowest BCUT2D eigenvalue weighted by Crippen LogP contribution is -2.29. The van der Waals surface area contributed by atoms with Gasteiger partial charge in [-0.05, 0) is 44.0 Å². The molecular formula is C22H25NO4. The lowest BCUT2D eigenvalue weighted by atomic mass is 9.81. The van der Waals surface area contributed by atoms with Gasteiger partial charge in [-0.2, -0.15) is 0 Å². The van der Waals surface area contributed by atoms with Crippen molar-refractivity contribution in [2.24, 2.45) is 0 Å². The lowest BCUT2D eigenvalue weighted by molar-refractivity contribution is -0.153. The van der Waals surface area contributed by atoms with Crippen LogP contribution in [0.2, 0.25) is 0 Å². The SMILES string of the molecule is CCOC(=O)C1c2ccccc2N(CC)c2ccccc2C1C(=O)OCC. The van der Waals surface area contributed by atoms with E-state index in [-0.39, 0.29) is 13.2 Å². The molecule has 2 atom stereocenters. The highest BCUT2D eigenvalue weighted by molar-refractivity contribution is 5.95. The van der Waals surface area contributed by atoms with Crippen molar-refractivity contribution in [2.45, 2.75) is 32.6 Å². The second-order valence-corrected chi connectivity index (χ2v) is 6.32. The minimum Gasteiger partial charge on any atom is -0.465 e. The van der Waals surface area contributed by atoms with E-state index in [1.807, 2.05) is 48.5 Å². The van der Waals surface area contributed by atoms with E-state index in [4.69, 9.17) is 9.47 Å². The Morgan fingerprint density at radius 3 is 1.56 bits per heavy atom. The zero-order chi connectivity index (χ0) is 19.4. The topological polar surface area (TPSA) is 55.8 Å². The average Bonchev–Trinajstić information content (AvgIpc) is 2.80. The maximum atomic E-state index is 13.0. The fourth-order valence-corrected chi connectivity index (χ4v) is 3.81. The Hall–Kier alpha value is -2.82. The van der Waals surface area contributed by atoms with Crippen LogP contribution in [-0.2, 0) is 19.1 Å². The highest BCUT2D eigenvalue weighted by Crippen LogP contribution is 2.48.